The molecule has 0 bridgehead atoms. The normalized spacial score (nSPS) is 17.3. The van der Waals surface area contributed by atoms with Crippen LogP contribution in [0.1, 0.15) is 62.0 Å². The molecule has 1 fully saturated rings. The molecule has 0 radical (unpaired) electrons. The molecule has 1 saturated carbocycles. The van der Waals surface area contributed by atoms with E-state index in [9.17, 15) is 4.79 Å². The Bertz CT molecular complexity index is 461. The van der Waals surface area contributed by atoms with E-state index in [4.69, 9.17) is 5.84 Å². The van der Waals surface area contributed by atoms with Crippen molar-refractivity contribution in [3.05, 3.63) is 23.4 Å². The van der Waals surface area contributed by atoms with Gasteiger partial charge in [-0.2, -0.15) is 0 Å². The minimum Gasteiger partial charge on any atom is -0.349 e. The molecule has 1 aromatic heterocycles. The average molecular weight is 290 g/mol. The lowest BCUT2D eigenvalue weighted by molar-refractivity contribution is 0.0919. The molecule has 1 aliphatic carbocycles. The Morgan fingerprint density at radius 3 is 2.71 bits per heavy atom. The average Bonchev–Trinajstić information content (AvgIpc) is 2.54. The maximum atomic E-state index is 12.4. The number of rotatable bonds is 5. The van der Waals surface area contributed by atoms with E-state index >= 15 is 0 Å². The zero-order valence-electron chi connectivity index (χ0n) is 13.0. The number of anilines is 1. The van der Waals surface area contributed by atoms with Gasteiger partial charge in [-0.05, 0) is 44.2 Å². The van der Waals surface area contributed by atoms with Crippen LogP contribution < -0.4 is 16.6 Å². The van der Waals surface area contributed by atoms with E-state index < -0.39 is 0 Å². The van der Waals surface area contributed by atoms with Crippen LogP contribution in [0.2, 0.25) is 0 Å². The first-order chi connectivity index (χ1) is 10.1. The van der Waals surface area contributed by atoms with Crippen molar-refractivity contribution in [2.24, 2.45) is 11.8 Å². The van der Waals surface area contributed by atoms with Crippen molar-refractivity contribution >= 4 is 11.7 Å². The maximum absolute atomic E-state index is 12.4. The van der Waals surface area contributed by atoms with Crippen LogP contribution in [0.25, 0.3) is 0 Å². The second-order valence-electron chi connectivity index (χ2n) is 5.89. The van der Waals surface area contributed by atoms with Gasteiger partial charge in [0.2, 0.25) is 0 Å². The van der Waals surface area contributed by atoms with Crippen molar-refractivity contribution in [1.82, 2.24) is 10.3 Å². The van der Waals surface area contributed by atoms with Gasteiger partial charge in [0.05, 0.1) is 0 Å². The van der Waals surface area contributed by atoms with Gasteiger partial charge in [-0.25, -0.2) is 10.8 Å². The fourth-order valence-corrected chi connectivity index (χ4v) is 3.02. The molecule has 1 heterocycles. The third kappa shape index (κ3) is 4.17. The van der Waals surface area contributed by atoms with Gasteiger partial charge in [0.15, 0.2) is 0 Å². The summed E-state index contributed by atoms with van der Waals surface area (Å²) >= 11 is 0. The fourth-order valence-electron chi connectivity index (χ4n) is 3.02. The van der Waals surface area contributed by atoms with Gasteiger partial charge in [0.1, 0.15) is 5.82 Å². The van der Waals surface area contributed by atoms with E-state index in [1.807, 2.05) is 13.0 Å². The quantitative estimate of drug-likeness (QED) is 0.575. The van der Waals surface area contributed by atoms with Crippen LogP contribution in [0.4, 0.5) is 5.82 Å². The number of hydrogen-bond donors (Lipinski definition) is 3. The number of nitrogen functional groups attached to an aromatic ring is 1. The highest BCUT2D eigenvalue weighted by atomic mass is 16.1. The van der Waals surface area contributed by atoms with Crippen molar-refractivity contribution in [3.8, 4) is 0 Å². The highest BCUT2D eigenvalue weighted by molar-refractivity contribution is 5.95. The molecule has 21 heavy (non-hydrogen) atoms. The van der Waals surface area contributed by atoms with Crippen LogP contribution in [0.15, 0.2) is 12.1 Å². The predicted molar refractivity (Wildman–Crippen MR) is 84.9 cm³/mol. The number of pyridine rings is 1. The van der Waals surface area contributed by atoms with Crippen LogP contribution >= 0.6 is 0 Å². The zero-order chi connectivity index (χ0) is 15.2. The number of nitrogens with one attached hydrogen (secondary N) is 2. The summed E-state index contributed by atoms with van der Waals surface area (Å²) in [7, 11) is 0. The van der Waals surface area contributed by atoms with Gasteiger partial charge in [-0.15, -0.1) is 0 Å². The lowest BCUT2D eigenvalue weighted by Gasteiger charge is -2.28. The molecule has 5 nitrogen and oxygen atoms in total. The maximum Gasteiger partial charge on any atom is 0.251 e. The molecule has 116 valence electrons. The molecule has 0 aliphatic heterocycles. The first kappa shape index (κ1) is 15.8. The molecule has 1 amide bonds. The Hall–Kier alpha value is -1.62. The number of aryl methyl sites for hydroxylation is 1. The molecule has 2 rings (SSSR count). The van der Waals surface area contributed by atoms with Gasteiger partial charge in [-0.3, -0.25) is 4.79 Å². The van der Waals surface area contributed by atoms with Crippen LogP contribution in [-0.4, -0.2) is 16.9 Å². The third-order valence-electron chi connectivity index (χ3n) is 4.37. The predicted octanol–water partition coefficient (Wildman–Crippen LogP) is 2.63. The smallest absolute Gasteiger partial charge is 0.251 e. The zero-order valence-corrected chi connectivity index (χ0v) is 13.0. The number of aromatic nitrogens is 1. The van der Waals surface area contributed by atoms with Gasteiger partial charge in [-0.1, -0.05) is 26.2 Å². The molecule has 1 atom stereocenters. The van der Waals surface area contributed by atoms with Gasteiger partial charge in [0.25, 0.3) is 5.91 Å². The minimum absolute atomic E-state index is 0.0401. The van der Waals surface area contributed by atoms with Gasteiger partial charge >= 0.3 is 0 Å². The molecule has 0 aromatic carbocycles. The number of nitrogens with zero attached hydrogens (tertiary/aromatic N) is 1. The lowest BCUT2D eigenvalue weighted by atomic mass is 9.84. The molecule has 1 aromatic rings. The number of hydrazine groups is 1. The molecule has 4 N–H and O–H groups in total. The fraction of sp³-hybridized carbons (Fsp3) is 0.625. The van der Waals surface area contributed by atoms with E-state index in [1.165, 1.54) is 32.1 Å². The van der Waals surface area contributed by atoms with E-state index in [0.29, 0.717) is 17.3 Å². The Morgan fingerprint density at radius 2 is 2.10 bits per heavy atom. The Balaban J connectivity index is 2.05. The van der Waals surface area contributed by atoms with Gasteiger partial charge in [0, 0.05) is 17.3 Å². The van der Waals surface area contributed by atoms with E-state index in [0.717, 1.165) is 12.1 Å². The number of carbonyl (C=O) groups is 1. The number of hydrogen-bond acceptors (Lipinski definition) is 4. The monoisotopic (exact) mass is 290 g/mol. The first-order valence-corrected chi connectivity index (χ1v) is 7.92. The summed E-state index contributed by atoms with van der Waals surface area (Å²) < 4.78 is 0. The molecule has 0 spiro atoms. The van der Waals surface area contributed by atoms with Crippen molar-refractivity contribution < 1.29 is 4.79 Å². The summed E-state index contributed by atoms with van der Waals surface area (Å²) in [5, 5.41) is 3.13. The van der Waals surface area contributed by atoms with E-state index in [1.54, 1.807) is 6.07 Å². The molecule has 1 aliphatic rings. The van der Waals surface area contributed by atoms with E-state index in [-0.39, 0.29) is 11.9 Å². The topological polar surface area (TPSA) is 80.0 Å². The molecule has 1 unspecified atom stereocenters. The highest BCUT2D eigenvalue weighted by Gasteiger charge is 2.22. The van der Waals surface area contributed by atoms with E-state index in [2.05, 4.69) is 22.7 Å². The SMILES string of the molecule is CCc1cc(C(=O)NC(C)C2CCCCC2)cc(NN)n1. The lowest BCUT2D eigenvalue weighted by Crippen LogP contribution is -2.39. The van der Waals surface area contributed by atoms with Crippen LogP contribution in [0.3, 0.4) is 0 Å². The van der Waals surface area contributed by atoms with Crippen molar-refractivity contribution in [1.29, 1.82) is 0 Å². The minimum atomic E-state index is -0.0401. The molecule has 0 saturated heterocycles. The number of amides is 1. The second-order valence-corrected chi connectivity index (χ2v) is 5.89. The Morgan fingerprint density at radius 1 is 1.38 bits per heavy atom. The standard InChI is InChI=1S/C16H26N4O/c1-3-14-9-13(10-15(19-14)20-17)16(21)18-11(2)12-7-5-4-6-8-12/h9-12H,3-8,17H2,1-2H3,(H,18,21)(H,19,20). The largest absolute Gasteiger partial charge is 0.349 e. The summed E-state index contributed by atoms with van der Waals surface area (Å²) in [6, 6.07) is 3.75. The summed E-state index contributed by atoms with van der Waals surface area (Å²) in [4.78, 5) is 16.7. The molecular formula is C16H26N4O. The summed E-state index contributed by atoms with van der Waals surface area (Å²) in [5.41, 5.74) is 4.01. The van der Waals surface area contributed by atoms with Crippen molar-refractivity contribution in [3.63, 3.8) is 0 Å². The third-order valence-corrected chi connectivity index (χ3v) is 4.37. The van der Waals surface area contributed by atoms with Crippen molar-refractivity contribution in [2.75, 3.05) is 5.43 Å². The first-order valence-electron chi connectivity index (χ1n) is 7.92. The molecular weight excluding hydrogens is 264 g/mol. The van der Waals surface area contributed by atoms with Crippen LogP contribution in [-0.2, 0) is 6.42 Å². The second kappa shape index (κ2) is 7.41. The van der Waals surface area contributed by atoms with Crippen molar-refractivity contribution in [2.45, 2.75) is 58.4 Å². The molecule has 5 heteroatoms. The Labute approximate surface area is 126 Å². The van der Waals surface area contributed by atoms with Crippen LogP contribution in [0, 0.1) is 5.92 Å². The van der Waals surface area contributed by atoms with Crippen LogP contribution in [0.5, 0.6) is 0 Å². The summed E-state index contributed by atoms with van der Waals surface area (Å²) in [5.74, 6) is 6.51. The number of carbonyl (C=O) groups excluding carboxylic acids is 1. The number of nitrogens with two attached hydrogens (primary N) is 1. The van der Waals surface area contributed by atoms with Gasteiger partial charge < -0.3 is 10.7 Å². The highest BCUT2D eigenvalue weighted by Crippen LogP contribution is 2.26. The summed E-state index contributed by atoms with van der Waals surface area (Å²) in [6.07, 6.45) is 7.09. The summed E-state index contributed by atoms with van der Waals surface area (Å²) in [6.45, 7) is 4.12. The Kier molecular flexibility index (Phi) is 5.56.